The van der Waals surface area contributed by atoms with Gasteiger partial charge in [0.1, 0.15) is 5.56 Å². The fourth-order valence-electron chi connectivity index (χ4n) is 2.79. The molecule has 6 nitrogen and oxygen atoms in total. The summed E-state index contributed by atoms with van der Waals surface area (Å²) in [6.45, 7) is 0. The predicted molar refractivity (Wildman–Crippen MR) is 99.6 cm³/mol. The molecule has 4 aromatic rings. The molecule has 0 radical (unpaired) electrons. The molecule has 0 atom stereocenters. The lowest BCUT2D eigenvalue weighted by Gasteiger charge is -2.06. The molecule has 0 saturated carbocycles. The number of methoxy groups -OCH3 is 1. The van der Waals surface area contributed by atoms with Crippen LogP contribution in [0.1, 0.15) is 10.4 Å². The van der Waals surface area contributed by atoms with Crippen LogP contribution in [0.4, 0.5) is 5.69 Å². The van der Waals surface area contributed by atoms with Crippen LogP contribution in [0, 0.1) is 0 Å². The molecule has 2 heterocycles. The minimum Gasteiger partial charge on any atom is -0.465 e. The smallest absolute Gasteiger partial charge is 0.341 e. The SMILES string of the molecule is COC(=O)c1cc(-c2ccccc2)cn2nc(-c3ccc(N)cc3)nc12. The molecule has 0 saturated heterocycles. The van der Waals surface area contributed by atoms with Gasteiger partial charge in [0.15, 0.2) is 11.5 Å². The number of carbonyl (C=O) groups is 1. The third-order valence-electron chi connectivity index (χ3n) is 4.11. The van der Waals surface area contributed by atoms with Crippen molar-refractivity contribution in [2.75, 3.05) is 12.8 Å². The summed E-state index contributed by atoms with van der Waals surface area (Å²) in [4.78, 5) is 16.8. The molecule has 0 amide bonds. The van der Waals surface area contributed by atoms with Crippen LogP contribution >= 0.6 is 0 Å². The number of nitrogen functional groups attached to an aromatic ring is 1. The highest BCUT2D eigenvalue weighted by Gasteiger charge is 2.18. The van der Waals surface area contributed by atoms with Gasteiger partial charge in [0, 0.05) is 23.0 Å². The summed E-state index contributed by atoms with van der Waals surface area (Å²) >= 11 is 0. The average Bonchev–Trinajstić information content (AvgIpc) is 3.12. The van der Waals surface area contributed by atoms with Crippen molar-refractivity contribution in [1.82, 2.24) is 14.6 Å². The normalized spacial score (nSPS) is 10.8. The van der Waals surface area contributed by atoms with Gasteiger partial charge in [0.05, 0.1) is 7.11 Å². The maximum atomic E-state index is 12.3. The molecule has 0 bridgehead atoms. The Kier molecular flexibility index (Phi) is 3.85. The molecule has 128 valence electrons. The van der Waals surface area contributed by atoms with Gasteiger partial charge in [-0.3, -0.25) is 0 Å². The van der Waals surface area contributed by atoms with Crippen LogP contribution in [0.2, 0.25) is 0 Å². The van der Waals surface area contributed by atoms with Crippen molar-refractivity contribution < 1.29 is 9.53 Å². The number of nitrogens with zero attached hydrogens (tertiary/aromatic N) is 3. The van der Waals surface area contributed by atoms with E-state index in [1.54, 1.807) is 22.7 Å². The number of benzene rings is 2. The van der Waals surface area contributed by atoms with E-state index in [1.165, 1.54) is 7.11 Å². The average molecular weight is 344 g/mol. The van der Waals surface area contributed by atoms with Crippen molar-refractivity contribution in [1.29, 1.82) is 0 Å². The van der Waals surface area contributed by atoms with E-state index in [9.17, 15) is 4.79 Å². The predicted octanol–water partition coefficient (Wildman–Crippen LogP) is 3.43. The van der Waals surface area contributed by atoms with Gasteiger partial charge >= 0.3 is 5.97 Å². The highest BCUT2D eigenvalue weighted by Crippen LogP contribution is 2.25. The summed E-state index contributed by atoms with van der Waals surface area (Å²) in [6.07, 6.45) is 1.85. The Balaban J connectivity index is 1.92. The van der Waals surface area contributed by atoms with Crippen LogP contribution in [0.5, 0.6) is 0 Å². The number of fused-ring (bicyclic) bond motifs is 1. The van der Waals surface area contributed by atoms with Gasteiger partial charge in [-0.2, -0.15) is 0 Å². The molecule has 2 N–H and O–H groups in total. The van der Waals surface area contributed by atoms with Gasteiger partial charge in [-0.1, -0.05) is 30.3 Å². The summed E-state index contributed by atoms with van der Waals surface area (Å²) in [5.41, 5.74) is 9.87. The van der Waals surface area contributed by atoms with Gasteiger partial charge in [-0.25, -0.2) is 14.3 Å². The van der Waals surface area contributed by atoms with E-state index < -0.39 is 5.97 Å². The van der Waals surface area contributed by atoms with Gasteiger partial charge < -0.3 is 10.5 Å². The first-order valence-electron chi connectivity index (χ1n) is 8.06. The number of hydrogen-bond acceptors (Lipinski definition) is 5. The van der Waals surface area contributed by atoms with E-state index in [0.717, 1.165) is 16.7 Å². The standard InChI is InChI=1S/C20H16N4O2/c1-26-20(25)17-11-15(13-5-3-2-4-6-13)12-24-19(17)22-18(23-24)14-7-9-16(21)10-8-14/h2-12H,21H2,1H3. The maximum absolute atomic E-state index is 12.3. The van der Waals surface area contributed by atoms with Crippen LogP contribution in [-0.2, 0) is 4.74 Å². The first-order chi connectivity index (χ1) is 12.7. The van der Waals surface area contributed by atoms with Gasteiger partial charge in [-0.15, -0.1) is 5.10 Å². The lowest BCUT2D eigenvalue weighted by atomic mass is 10.1. The van der Waals surface area contributed by atoms with E-state index >= 15 is 0 Å². The molecular weight excluding hydrogens is 328 g/mol. The molecular formula is C20H16N4O2. The maximum Gasteiger partial charge on any atom is 0.341 e. The Hall–Kier alpha value is -3.67. The zero-order chi connectivity index (χ0) is 18.1. The summed E-state index contributed by atoms with van der Waals surface area (Å²) in [5.74, 6) is 0.0596. The quantitative estimate of drug-likeness (QED) is 0.455. The molecule has 0 aliphatic carbocycles. The fraction of sp³-hybridized carbons (Fsp3) is 0.0500. The molecule has 0 unspecified atom stereocenters. The molecule has 26 heavy (non-hydrogen) atoms. The molecule has 2 aromatic heterocycles. The third kappa shape index (κ3) is 2.77. The number of rotatable bonds is 3. The van der Waals surface area contributed by atoms with Crippen molar-refractivity contribution in [3.63, 3.8) is 0 Å². The van der Waals surface area contributed by atoms with E-state index in [2.05, 4.69) is 10.1 Å². The molecule has 2 aromatic carbocycles. The number of anilines is 1. The first kappa shape index (κ1) is 15.8. The first-order valence-corrected chi connectivity index (χ1v) is 8.06. The number of ether oxygens (including phenoxy) is 1. The van der Waals surface area contributed by atoms with Crippen molar-refractivity contribution in [2.24, 2.45) is 0 Å². The largest absolute Gasteiger partial charge is 0.465 e. The van der Waals surface area contributed by atoms with E-state index in [4.69, 9.17) is 10.5 Å². The number of aromatic nitrogens is 3. The van der Waals surface area contributed by atoms with Crippen molar-refractivity contribution in [3.8, 4) is 22.5 Å². The second-order valence-corrected chi connectivity index (χ2v) is 5.83. The van der Waals surface area contributed by atoms with Crippen LogP contribution in [0.15, 0.2) is 66.9 Å². The number of pyridine rings is 1. The molecule has 0 aliphatic rings. The molecule has 0 fully saturated rings. The Morgan fingerprint density at radius 1 is 1.00 bits per heavy atom. The zero-order valence-corrected chi connectivity index (χ0v) is 14.1. The third-order valence-corrected chi connectivity index (χ3v) is 4.11. The molecule has 0 spiro atoms. The Labute approximate surface area is 149 Å². The van der Waals surface area contributed by atoms with Crippen LogP contribution in [-0.4, -0.2) is 27.7 Å². The zero-order valence-electron chi connectivity index (χ0n) is 14.1. The topological polar surface area (TPSA) is 82.5 Å². The van der Waals surface area contributed by atoms with E-state index in [1.807, 2.05) is 48.7 Å². The van der Waals surface area contributed by atoms with Crippen molar-refractivity contribution in [2.45, 2.75) is 0 Å². The Morgan fingerprint density at radius 3 is 2.42 bits per heavy atom. The highest BCUT2D eigenvalue weighted by molar-refractivity contribution is 5.97. The number of esters is 1. The number of hydrogen-bond donors (Lipinski definition) is 1. The van der Waals surface area contributed by atoms with Crippen LogP contribution in [0.3, 0.4) is 0 Å². The van der Waals surface area contributed by atoms with Gasteiger partial charge in [0.2, 0.25) is 0 Å². The lowest BCUT2D eigenvalue weighted by molar-refractivity contribution is 0.0602. The van der Waals surface area contributed by atoms with Crippen molar-refractivity contribution >= 4 is 17.3 Å². The van der Waals surface area contributed by atoms with Crippen LogP contribution in [0.25, 0.3) is 28.2 Å². The second-order valence-electron chi connectivity index (χ2n) is 5.83. The Morgan fingerprint density at radius 2 is 1.73 bits per heavy atom. The Bertz CT molecular complexity index is 1090. The number of carbonyl (C=O) groups excluding carboxylic acids is 1. The van der Waals surface area contributed by atoms with E-state index in [-0.39, 0.29) is 0 Å². The van der Waals surface area contributed by atoms with Crippen molar-refractivity contribution in [3.05, 3.63) is 72.4 Å². The summed E-state index contributed by atoms with van der Waals surface area (Å²) in [6, 6.07) is 18.8. The van der Waals surface area contributed by atoms with Crippen LogP contribution < -0.4 is 5.73 Å². The molecule has 4 rings (SSSR count). The van der Waals surface area contributed by atoms with Gasteiger partial charge in [-0.05, 0) is 35.9 Å². The second kappa shape index (κ2) is 6.33. The summed E-state index contributed by atoms with van der Waals surface area (Å²) < 4.78 is 6.54. The fourth-order valence-corrected chi connectivity index (χ4v) is 2.79. The minimum atomic E-state index is -0.455. The van der Waals surface area contributed by atoms with Gasteiger partial charge in [0.25, 0.3) is 0 Å². The van der Waals surface area contributed by atoms with E-state index in [0.29, 0.717) is 22.7 Å². The minimum absolute atomic E-state index is 0.364. The molecule has 6 heteroatoms. The molecule has 0 aliphatic heterocycles. The number of nitrogens with two attached hydrogens (primary N) is 1. The summed E-state index contributed by atoms with van der Waals surface area (Å²) in [5, 5.41) is 4.53. The lowest BCUT2D eigenvalue weighted by Crippen LogP contribution is -2.05. The monoisotopic (exact) mass is 344 g/mol. The highest BCUT2D eigenvalue weighted by atomic mass is 16.5. The summed E-state index contributed by atoms with van der Waals surface area (Å²) in [7, 11) is 1.35.